The lowest BCUT2D eigenvalue weighted by Gasteiger charge is -2.41. The third kappa shape index (κ3) is 1.39. The SMILES string of the molecule is CC1CN2CCCC2(C2(OC(C)C)CC2)C1. The lowest BCUT2D eigenvalue weighted by molar-refractivity contribution is -0.0908. The van der Waals surface area contributed by atoms with E-state index in [-0.39, 0.29) is 5.60 Å². The molecule has 2 saturated heterocycles. The molecule has 0 radical (unpaired) electrons. The zero-order chi connectivity index (χ0) is 11.4. The summed E-state index contributed by atoms with van der Waals surface area (Å²) >= 11 is 0. The van der Waals surface area contributed by atoms with Crippen molar-refractivity contribution in [3.8, 4) is 0 Å². The van der Waals surface area contributed by atoms with Crippen LogP contribution in [0.4, 0.5) is 0 Å². The highest BCUT2D eigenvalue weighted by molar-refractivity contribution is 5.21. The van der Waals surface area contributed by atoms with Gasteiger partial charge in [0.15, 0.2) is 0 Å². The molecule has 2 nitrogen and oxygen atoms in total. The van der Waals surface area contributed by atoms with E-state index in [0.717, 1.165) is 5.92 Å². The van der Waals surface area contributed by atoms with Gasteiger partial charge in [-0.05, 0) is 58.4 Å². The van der Waals surface area contributed by atoms with Crippen molar-refractivity contribution in [2.45, 2.75) is 70.1 Å². The van der Waals surface area contributed by atoms with E-state index in [2.05, 4.69) is 25.7 Å². The number of rotatable bonds is 3. The van der Waals surface area contributed by atoms with Crippen LogP contribution in [0.25, 0.3) is 0 Å². The number of nitrogens with zero attached hydrogens (tertiary/aromatic N) is 1. The monoisotopic (exact) mass is 223 g/mol. The Labute approximate surface area is 99.3 Å². The zero-order valence-corrected chi connectivity index (χ0v) is 11.0. The first-order valence-electron chi connectivity index (χ1n) is 7.01. The summed E-state index contributed by atoms with van der Waals surface area (Å²) in [5.74, 6) is 0.869. The molecule has 1 saturated carbocycles. The maximum atomic E-state index is 6.34. The number of hydrogen-bond donors (Lipinski definition) is 0. The van der Waals surface area contributed by atoms with Crippen molar-refractivity contribution >= 4 is 0 Å². The summed E-state index contributed by atoms with van der Waals surface area (Å²) in [4.78, 5) is 2.76. The van der Waals surface area contributed by atoms with Crippen LogP contribution in [0.2, 0.25) is 0 Å². The van der Waals surface area contributed by atoms with Crippen LogP contribution in [0.1, 0.15) is 52.9 Å². The van der Waals surface area contributed by atoms with Gasteiger partial charge < -0.3 is 4.74 Å². The van der Waals surface area contributed by atoms with Crippen LogP contribution in [-0.2, 0) is 4.74 Å². The van der Waals surface area contributed by atoms with E-state index in [4.69, 9.17) is 4.74 Å². The molecule has 92 valence electrons. The van der Waals surface area contributed by atoms with Gasteiger partial charge in [-0.25, -0.2) is 0 Å². The normalized spacial score (nSPS) is 41.6. The summed E-state index contributed by atoms with van der Waals surface area (Å²) in [5.41, 5.74) is 0.666. The van der Waals surface area contributed by atoms with Crippen LogP contribution >= 0.6 is 0 Å². The molecule has 3 rings (SSSR count). The van der Waals surface area contributed by atoms with E-state index < -0.39 is 0 Å². The first-order chi connectivity index (χ1) is 7.58. The Morgan fingerprint density at radius 2 is 2.00 bits per heavy atom. The van der Waals surface area contributed by atoms with Crippen LogP contribution in [-0.4, -0.2) is 35.2 Å². The van der Waals surface area contributed by atoms with E-state index in [1.165, 1.54) is 45.2 Å². The second kappa shape index (κ2) is 3.46. The van der Waals surface area contributed by atoms with Gasteiger partial charge in [-0.15, -0.1) is 0 Å². The Bertz CT molecular complexity index is 284. The summed E-state index contributed by atoms with van der Waals surface area (Å²) in [5, 5.41) is 0. The van der Waals surface area contributed by atoms with Gasteiger partial charge in [-0.3, -0.25) is 4.90 Å². The molecule has 0 aromatic carbocycles. The minimum Gasteiger partial charge on any atom is -0.370 e. The summed E-state index contributed by atoms with van der Waals surface area (Å²) in [7, 11) is 0. The van der Waals surface area contributed by atoms with Gasteiger partial charge in [-0.2, -0.15) is 0 Å². The van der Waals surface area contributed by atoms with Crippen molar-refractivity contribution in [2.75, 3.05) is 13.1 Å². The average molecular weight is 223 g/mol. The fraction of sp³-hybridized carbons (Fsp3) is 1.00. The van der Waals surface area contributed by atoms with Gasteiger partial charge in [0.25, 0.3) is 0 Å². The molecule has 0 spiro atoms. The van der Waals surface area contributed by atoms with Gasteiger partial charge in [0.2, 0.25) is 0 Å². The highest BCUT2D eigenvalue weighted by Crippen LogP contribution is 2.60. The molecular formula is C14H25NO. The van der Waals surface area contributed by atoms with E-state index in [9.17, 15) is 0 Å². The first kappa shape index (κ1) is 11.0. The lowest BCUT2D eigenvalue weighted by atomic mass is 9.83. The molecule has 0 bridgehead atoms. The smallest absolute Gasteiger partial charge is 0.0870 e. The molecule has 2 heteroatoms. The minimum absolute atomic E-state index is 0.239. The van der Waals surface area contributed by atoms with Crippen molar-refractivity contribution in [3.05, 3.63) is 0 Å². The zero-order valence-electron chi connectivity index (χ0n) is 11.0. The largest absolute Gasteiger partial charge is 0.370 e. The van der Waals surface area contributed by atoms with E-state index in [1.807, 2.05) is 0 Å². The van der Waals surface area contributed by atoms with Crippen LogP contribution in [0, 0.1) is 5.92 Å². The summed E-state index contributed by atoms with van der Waals surface area (Å²) in [6.45, 7) is 9.41. The molecule has 0 N–H and O–H groups in total. The van der Waals surface area contributed by atoms with Gasteiger partial charge in [0.05, 0.1) is 17.2 Å². The second-order valence-corrected chi connectivity index (χ2v) is 6.55. The second-order valence-electron chi connectivity index (χ2n) is 6.55. The quantitative estimate of drug-likeness (QED) is 0.729. The Morgan fingerprint density at radius 1 is 1.25 bits per heavy atom. The van der Waals surface area contributed by atoms with Crippen molar-refractivity contribution in [2.24, 2.45) is 5.92 Å². The molecule has 1 aliphatic carbocycles. The highest BCUT2D eigenvalue weighted by atomic mass is 16.5. The predicted octanol–water partition coefficient (Wildman–Crippen LogP) is 2.82. The Balaban J connectivity index is 1.86. The van der Waals surface area contributed by atoms with Crippen molar-refractivity contribution in [1.29, 1.82) is 0 Å². The Hall–Kier alpha value is -0.0800. The summed E-state index contributed by atoms with van der Waals surface area (Å²) in [6.07, 6.45) is 7.12. The molecular weight excluding hydrogens is 198 g/mol. The van der Waals surface area contributed by atoms with E-state index in [0.29, 0.717) is 11.6 Å². The van der Waals surface area contributed by atoms with Crippen molar-refractivity contribution < 1.29 is 4.74 Å². The van der Waals surface area contributed by atoms with Gasteiger partial charge >= 0.3 is 0 Å². The van der Waals surface area contributed by atoms with Crippen molar-refractivity contribution in [3.63, 3.8) is 0 Å². The molecule has 2 atom stereocenters. The lowest BCUT2D eigenvalue weighted by Crippen LogP contribution is -2.52. The van der Waals surface area contributed by atoms with Gasteiger partial charge in [-0.1, -0.05) is 6.92 Å². The van der Waals surface area contributed by atoms with E-state index in [1.54, 1.807) is 0 Å². The molecule has 0 amide bonds. The molecule has 2 unspecified atom stereocenters. The Morgan fingerprint density at radius 3 is 2.62 bits per heavy atom. The molecule has 3 fully saturated rings. The summed E-state index contributed by atoms with van der Waals surface area (Å²) in [6, 6.07) is 0. The predicted molar refractivity (Wildman–Crippen MR) is 65.5 cm³/mol. The van der Waals surface area contributed by atoms with Gasteiger partial charge in [0.1, 0.15) is 0 Å². The minimum atomic E-state index is 0.239. The molecule has 16 heavy (non-hydrogen) atoms. The number of fused-ring (bicyclic) bond motifs is 1. The average Bonchev–Trinajstić information content (AvgIpc) is 2.70. The number of ether oxygens (including phenoxy) is 1. The van der Waals surface area contributed by atoms with Crippen LogP contribution < -0.4 is 0 Å². The number of hydrogen-bond acceptors (Lipinski definition) is 2. The maximum Gasteiger partial charge on any atom is 0.0870 e. The molecule has 2 heterocycles. The van der Waals surface area contributed by atoms with Crippen LogP contribution in [0.3, 0.4) is 0 Å². The molecule has 0 aromatic heterocycles. The third-order valence-electron chi connectivity index (χ3n) is 4.86. The van der Waals surface area contributed by atoms with Gasteiger partial charge in [0, 0.05) is 6.54 Å². The fourth-order valence-corrected chi connectivity index (χ4v) is 4.41. The fourth-order valence-electron chi connectivity index (χ4n) is 4.41. The standard InChI is InChI=1S/C14H25NO/c1-11(2)16-14(6-7-14)13-5-4-8-15(13)10-12(3)9-13/h11-12H,4-10H2,1-3H3. The Kier molecular flexibility index (Phi) is 2.38. The molecule has 3 aliphatic rings. The van der Waals surface area contributed by atoms with Crippen LogP contribution in [0.5, 0.6) is 0 Å². The summed E-state index contributed by atoms with van der Waals surface area (Å²) < 4.78 is 6.34. The topological polar surface area (TPSA) is 12.5 Å². The third-order valence-corrected chi connectivity index (χ3v) is 4.86. The highest BCUT2D eigenvalue weighted by Gasteiger charge is 2.66. The maximum absolute atomic E-state index is 6.34. The van der Waals surface area contributed by atoms with Crippen LogP contribution in [0.15, 0.2) is 0 Å². The first-order valence-corrected chi connectivity index (χ1v) is 7.01. The van der Waals surface area contributed by atoms with Crippen molar-refractivity contribution in [1.82, 2.24) is 4.90 Å². The molecule has 2 aliphatic heterocycles. The van der Waals surface area contributed by atoms with E-state index >= 15 is 0 Å². The molecule has 0 aromatic rings.